The number of fused-ring (bicyclic) bond motifs is 2. The molecule has 140 valence electrons. The van der Waals surface area contributed by atoms with Crippen LogP contribution in [0.15, 0.2) is 60.7 Å². The van der Waals surface area contributed by atoms with Crippen molar-refractivity contribution < 1.29 is 9.53 Å². The Bertz CT molecular complexity index is 1150. The standard InChI is InChI=1S/C23H20N2O2S/c1-27-18-11-10-15-13-17(9-8-16(15)14-18)23(26)25-12-4-6-20(25)22-24-19-5-2-3-7-21(19)28-22/h2-3,5,7-11,13-14,20H,4,6,12H2,1H3/t20-/m1/s1. The first-order chi connectivity index (χ1) is 13.7. The van der Waals surface area contributed by atoms with Gasteiger partial charge in [-0.3, -0.25) is 4.79 Å². The van der Waals surface area contributed by atoms with Crippen LogP contribution in [0.3, 0.4) is 0 Å². The van der Waals surface area contributed by atoms with Gasteiger partial charge in [0.25, 0.3) is 5.91 Å². The molecule has 5 rings (SSSR count). The molecule has 1 fully saturated rings. The summed E-state index contributed by atoms with van der Waals surface area (Å²) in [6.07, 6.45) is 1.98. The molecule has 1 amide bonds. The first-order valence-electron chi connectivity index (χ1n) is 9.47. The van der Waals surface area contributed by atoms with E-state index in [1.165, 1.54) is 4.70 Å². The summed E-state index contributed by atoms with van der Waals surface area (Å²) < 4.78 is 6.47. The maximum atomic E-state index is 13.3. The lowest BCUT2D eigenvalue weighted by Gasteiger charge is -2.23. The molecule has 4 aromatic rings. The molecule has 1 aliphatic heterocycles. The van der Waals surface area contributed by atoms with Gasteiger partial charge in [0, 0.05) is 12.1 Å². The third-order valence-electron chi connectivity index (χ3n) is 5.40. The van der Waals surface area contributed by atoms with Gasteiger partial charge in [0.05, 0.1) is 23.4 Å². The average molecular weight is 388 g/mol. The largest absolute Gasteiger partial charge is 0.497 e. The fourth-order valence-electron chi connectivity index (χ4n) is 3.95. The van der Waals surface area contributed by atoms with Crippen molar-refractivity contribution >= 4 is 38.2 Å². The highest BCUT2D eigenvalue weighted by Gasteiger charge is 2.32. The Kier molecular flexibility index (Phi) is 4.24. The van der Waals surface area contributed by atoms with Crippen LogP contribution in [-0.4, -0.2) is 29.4 Å². The second kappa shape index (κ2) is 6.91. The summed E-state index contributed by atoms with van der Waals surface area (Å²) in [6, 6.07) is 20.0. The van der Waals surface area contributed by atoms with E-state index in [2.05, 4.69) is 6.07 Å². The van der Waals surface area contributed by atoms with E-state index in [4.69, 9.17) is 9.72 Å². The molecule has 3 aromatic carbocycles. The van der Waals surface area contributed by atoms with Crippen molar-refractivity contribution in [3.05, 3.63) is 71.2 Å². The Morgan fingerprint density at radius 3 is 2.79 bits per heavy atom. The summed E-state index contributed by atoms with van der Waals surface area (Å²) in [6.45, 7) is 0.778. The van der Waals surface area contributed by atoms with Gasteiger partial charge in [-0.1, -0.05) is 24.3 Å². The molecule has 1 saturated heterocycles. The molecule has 28 heavy (non-hydrogen) atoms. The third-order valence-corrected chi connectivity index (χ3v) is 6.54. The molecule has 0 N–H and O–H groups in total. The van der Waals surface area contributed by atoms with Crippen LogP contribution >= 0.6 is 11.3 Å². The average Bonchev–Trinajstić information content (AvgIpc) is 3.39. The van der Waals surface area contributed by atoms with E-state index in [1.807, 2.05) is 59.5 Å². The highest BCUT2D eigenvalue weighted by Crippen LogP contribution is 2.37. The number of carbonyl (C=O) groups is 1. The molecule has 2 heterocycles. The number of rotatable bonds is 3. The quantitative estimate of drug-likeness (QED) is 0.470. The maximum Gasteiger partial charge on any atom is 0.254 e. The zero-order valence-electron chi connectivity index (χ0n) is 15.6. The van der Waals surface area contributed by atoms with E-state index in [0.29, 0.717) is 0 Å². The number of nitrogens with zero attached hydrogens (tertiary/aromatic N) is 2. The number of benzene rings is 3. The van der Waals surface area contributed by atoms with Crippen LogP contribution in [0, 0.1) is 0 Å². The minimum absolute atomic E-state index is 0.0662. The second-order valence-corrected chi connectivity index (χ2v) is 8.17. The van der Waals surface area contributed by atoms with Crippen LogP contribution in [0.1, 0.15) is 34.2 Å². The Morgan fingerprint density at radius 2 is 1.93 bits per heavy atom. The van der Waals surface area contributed by atoms with Crippen molar-refractivity contribution in [3.63, 3.8) is 0 Å². The first kappa shape index (κ1) is 17.2. The van der Waals surface area contributed by atoms with Crippen LogP contribution in [0.25, 0.3) is 21.0 Å². The van der Waals surface area contributed by atoms with Gasteiger partial charge in [-0.25, -0.2) is 4.98 Å². The Morgan fingerprint density at radius 1 is 1.11 bits per heavy atom. The molecule has 1 aromatic heterocycles. The van der Waals surface area contributed by atoms with Crippen molar-refractivity contribution in [1.82, 2.24) is 9.88 Å². The first-order valence-corrected chi connectivity index (χ1v) is 10.3. The number of carbonyl (C=O) groups excluding carboxylic acids is 1. The van der Waals surface area contributed by atoms with Gasteiger partial charge in [0.2, 0.25) is 0 Å². The number of hydrogen-bond acceptors (Lipinski definition) is 4. The number of thiazole rings is 1. The molecule has 0 radical (unpaired) electrons. The molecular weight excluding hydrogens is 368 g/mol. The van der Waals surface area contributed by atoms with Crippen LogP contribution in [0.4, 0.5) is 0 Å². The van der Waals surface area contributed by atoms with Crippen LogP contribution < -0.4 is 4.74 Å². The molecule has 1 aliphatic rings. The van der Waals surface area contributed by atoms with E-state index in [9.17, 15) is 4.79 Å². The monoisotopic (exact) mass is 388 g/mol. The number of amides is 1. The lowest BCUT2D eigenvalue weighted by atomic mass is 10.1. The zero-order valence-corrected chi connectivity index (χ0v) is 16.4. The van der Waals surface area contributed by atoms with Gasteiger partial charge in [-0.05, 0) is 60.0 Å². The predicted octanol–water partition coefficient (Wildman–Crippen LogP) is 5.44. The Balaban J connectivity index is 1.47. The minimum Gasteiger partial charge on any atom is -0.497 e. The van der Waals surface area contributed by atoms with Crippen molar-refractivity contribution in [2.45, 2.75) is 18.9 Å². The molecular formula is C23H20N2O2S. The summed E-state index contributed by atoms with van der Waals surface area (Å²) >= 11 is 1.70. The number of aromatic nitrogens is 1. The number of hydrogen-bond donors (Lipinski definition) is 0. The lowest BCUT2D eigenvalue weighted by molar-refractivity contribution is 0.0735. The minimum atomic E-state index is 0.0662. The molecule has 0 unspecified atom stereocenters. The van der Waals surface area contributed by atoms with Gasteiger partial charge in [0.1, 0.15) is 10.8 Å². The highest BCUT2D eigenvalue weighted by molar-refractivity contribution is 7.18. The van der Waals surface area contributed by atoms with Crippen molar-refractivity contribution in [3.8, 4) is 5.75 Å². The van der Waals surface area contributed by atoms with E-state index >= 15 is 0 Å². The maximum absolute atomic E-state index is 13.3. The Labute approximate surface area is 167 Å². The second-order valence-electron chi connectivity index (χ2n) is 7.10. The topological polar surface area (TPSA) is 42.4 Å². The molecule has 0 spiro atoms. The summed E-state index contributed by atoms with van der Waals surface area (Å²) in [4.78, 5) is 20.1. The van der Waals surface area contributed by atoms with E-state index in [1.54, 1.807) is 18.4 Å². The molecule has 1 atom stereocenters. The van der Waals surface area contributed by atoms with Gasteiger partial charge in [0.15, 0.2) is 0 Å². The zero-order chi connectivity index (χ0) is 19.1. The van der Waals surface area contributed by atoms with Crippen LogP contribution in [0.5, 0.6) is 5.75 Å². The summed E-state index contributed by atoms with van der Waals surface area (Å²) in [7, 11) is 1.66. The normalized spacial score (nSPS) is 16.8. The number of para-hydroxylation sites is 1. The van der Waals surface area contributed by atoms with E-state index in [-0.39, 0.29) is 11.9 Å². The van der Waals surface area contributed by atoms with Gasteiger partial charge in [-0.15, -0.1) is 11.3 Å². The lowest BCUT2D eigenvalue weighted by Crippen LogP contribution is -2.30. The van der Waals surface area contributed by atoms with Gasteiger partial charge >= 0.3 is 0 Å². The fraction of sp³-hybridized carbons (Fsp3) is 0.217. The summed E-state index contributed by atoms with van der Waals surface area (Å²) in [5, 5.41) is 3.15. The van der Waals surface area contributed by atoms with Crippen molar-refractivity contribution in [1.29, 1.82) is 0 Å². The van der Waals surface area contributed by atoms with Crippen LogP contribution in [0.2, 0.25) is 0 Å². The Hall–Kier alpha value is -2.92. The summed E-state index contributed by atoms with van der Waals surface area (Å²) in [5.41, 5.74) is 1.74. The van der Waals surface area contributed by atoms with Crippen molar-refractivity contribution in [2.75, 3.05) is 13.7 Å². The van der Waals surface area contributed by atoms with E-state index < -0.39 is 0 Å². The molecule has 5 heteroatoms. The number of likely N-dealkylation sites (tertiary alicyclic amines) is 1. The molecule has 4 nitrogen and oxygen atoms in total. The smallest absolute Gasteiger partial charge is 0.254 e. The number of ether oxygens (including phenoxy) is 1. The third kappa shape index (κ3) is 2.92. The fourth-order valence-corrected chi connectivity index (χ4v) is 5.06. The van der Waals surface area contributed by atoms with E-state index in [0.717, 1.165) is 52.0 Å². The van der Waals surface area contributed by atoms with Crippen molar-refractivity contribution in [2.24, 2.45) is 0 Å². The molecule has 0 saturated carbocycles. The van der Waals surface area contributed by atoms with Gasteiger partial charge in [-0.2, -0.15) is 0 Å². The van der Waals surface area contributed by atoms with Crippen LogP contribution in [-0.2, 0) is 0 Å². The predicted molar refractivity (Wildman–Crippen MR) is 113 cm³/mol. The highest BCUT2D eigenvalue weighted by atomic mass is 32.1. The molecule has 0 bridgehead atoms. The number of methoxy groups -OCH3 is 1. The summed E-state index contributed by atoms with van der Waals surface area (Å²) in [5.74, 6) is 0.904. The SMILES string of the molecule is COc1ccc2cc(C(=O)N3CCC[C@@H]3c3nc4ccccc4s3)ccc2c1. The van der Waals surface area contributed by atoms with Gasteiger partial charge < -0.3 is 9.64 Å². The molecule has 0 aliphatic carbocycles.